The average molecular weight is 413 g/mol. The van der Waals surface area contributed by atoms with Gasteiger partial charge in [0.2, 0.25) is 0 Å². The largest absolute Gasteiger partial charge is 0.383 e. The number of hydrogen-bond donors (Lipinski definition) is 1. The summed E-state index contributed by atoms with van der Waals surface area (Å²) in [7, 11) is 0. The Morgan fingerprint density at radius 1 is 1.11 bits per heavy atom. The Bertz CT molecular complexity index is 949. The Kier molecular flexibility index (Phi) is 6.14. The highest BCUT2D eigenvalue weighted by Crippen LogP contribution is 2.23. The van der Waals surface area contributed by atoms with Crippen LogP contribution < -0.4 is 21.9 Å². The van der Waals surface area contributed by atoms with Gasteiger partial charge in [-0.25, -0.2) is 4.79 Å². The molecule has 0 atom stereocenters. The molecule has 0 saturated carbocycles. The lowest BCUT2D eigenvalue weighted by atomic mass is 10.2. The van der Waals surface area contributed by atoms with Crippen LogP contribution in [-0.4, -0.2) is 35.4 Å². The summed E-state index contributed by atoms with van der Waals surface area (Å²) >= 11 is 12.0. The van der Waals surface area contributed by atoms with Crippen molar-refractivity contribution in [1.29, 1.82) is 0 Å². The number of ether oxygens (including phenoxy) is 1. The van der Waals surface area contributed by atoms with Crippen LogP contribution >= 0.6 is 23.2 Å². The maximum Gasteiger partial charge on any atom is 0.332 e. The summed E-state index contributed by atoms with van der Waals surface area (Å²) in [5.41, 5.74) is 6.47. The van der Waals surface area contributed by atoms with E-state index in [4.69, 9.17) is 33.7 Å². The van der Waals surface area contributed by atoms with Gasteiger partial charge in [-0.05, 0) is 24.1 Å². The number of benzene rings is 1. The van der Waals surface area contributed by atoms with Gasteiger partial charge in [0.15, 0.2) is 0 Å². The Morgan fingerprint density at radius 3 is 2.44 bits per heavy atom. The van der Waals surface area contributed by atoms with E-state index in [9.17, 15) is 9.59 Å². The quantitative estimate of drug-likeness (QED) is 0.813. The van der Waals surface area contributed by atoms with Crippen LogP contribution in [0.1, 0.15) is 18.9 Å². The number of rotatable bonds is 5. The fourth-order valence-electron chi connectivity index (χ4n) is 3.18. The van der Waals surface area contributed by atoms with E-state index in [0.29, 0.717) is 54.1 Å². The first-order valence-corrected chi connectivity index (χ1v) is 9.59. The van der Waals surface area contributed by atoms with Crippen LogP contribution in [0.25, 0.3) is 0 Å². The minimum atomic E-state index is -0.428. The van der Waals surface area contributed by atoms with Gasteiger partial charge in [-0.15, -0.1) is 0 Å². The lowest BCUT2D eigenvalue weighted by Crippen LogP contribution is -2.47. The van der Waals surface area contributed by atoms with Crippen molar-refractivity contribution in [1.82, 2.24) is 9.13 Å². The molecule has 2 N–H and O–H groups in total. The molecule has 0 radical (unpaired) electrons. The van der Waals surface area contributed by atoms with Gasteiger partial charge in [0.05, 0.1) is 29.8 Å². The summed E-state index contributed by atoms with van der Waals surface area (Å²) in [5.74, 6) is 0.208. The fourth-order valence-corrected chi connectivity index (χ4v) is 3.51. The molecule has 0 spiro atoms. The zero-order valence-corrected chi connectivity index (χ0v) is 16.6. The predicted molar refractivity (Wildman–Crippen MR) is 108 cm³/mol. The zero-order valence-electron chi connectivity index (χ0n) is 15.1. The van der Waals surface area contributed by atoms with Crippen LogP contribution in [0.2, 0.25) is 10.0 Å². The smallest absolute Gasteiger partial charge is 0.332 e. The summed E-state index contributed by atoms with van der Waals surface area (Å²) in [6, 6.07) is 5.05. The second-order valence-corrected chi connectivity index (χ2v) is 7.22. The van der Waals surface area contributed by atoms with Gasteiger partial charge in [0.1, 0.15) is 11.5 Å². The van der Waals surface area contributed by atoms with Gasteiger partial charge in [0.25, 0.3) is 5.56 Å². The van der Waals surface area contributed by atoms with Crippen LogP contribution in [0.15, 0.2) is 27.8 Å². The Hall–Kier alpha value is -1.96. The van der Waals surface area contributed by atoms with Crippen LogP contribution in [0.3, 0.4) is 0 Å². The van der Waals surface area contributed by atoms with E-state index in [1.807, 2.05) is 11.8 Å². The summed E-state index contributed by atoms with van der Waals surface area (Å²) in [6.07, 6.45) is 0.720. The molecule has 27 heavy (non-hydrogen) atoms. The van der Waals surface area contributed by atoms with Gasteiger partial charge < -0.3 is 15.4 Å². The normalized spacial score (nSPS) is 14.6. The van der Waals surface area contributed by atoms with Crippen molar-refractivity contribution < 1.29 is 4.74 Å². The van der Waals surface area contributed by atoms with E-state index in [0.717, 1.165) is 6.42 Å². The van der Waals surface area contributed by atoms with Crippen molar-refractivity contribution in [2.75, 3.05) is 36.9 Å². The first-order chi connectivity index (χ1) is 12.9. The summed E-state index contributed by atoms with van der Waals surface area (Å²) in [6.45, 7) is 4.61. The molecular weight excluding hydrogens is 391 g/mol. The predicted octanol–water partition coefficient (Wildman–Crippen LogP) is 2.19. The molecule has 0 unspecified atom stereocenters. The van der Waals surface area contributed by atoms with Crippen molar-refractivity contribution in [3.8, 4) is 0 Å². The second kappa shape index (κ2) is 8.37. The van der Waals surface area contributed by atoms with E-state index >= 15 is 0 Å². The van der Waals surface area contributed by atoms with Crippen molar-refractivity contribution >= 4 is 34.7 Å². The Morgan fingerprint density at radius 2 is 1.81 bits per heavy atom. The van der Waals surface area contributed by atoms with Crippen molar-refractivity contribution in [2.45, 2.75) is 26.4 Å². The van der Waals surface area contributed by atoms with E-state index in [1.54, 1.807) is 18.2 Å². The van der Waals surface area contributed by atoms with E-state index in [-0.39, 0.29) is 12.4 Å². The van der Waals surface area contributed by atoms with Gasteiger partial charge in [-0.1, -0.05) is 36.2 Å². The molecule has 2 heterocycles. The standard InChI is InChI=1S/C18H22Cl2N4O3/c1-2-5-23-16(21)15(22-6-8-27-9-7-22)17(25)24(18(23)26)11-12-3-4-13(19)14(20)10-12/h3-4,10H,2,5-9,11,21H2,1H3. The lowest BCUT2D eigenvalue weighted by molar-refractivity contribution is 0.122. The number of anilines is 2. The number of nitrogens with two attached hydrogens (primary N) is 1. The number of nitrogens with zero attached hydrogens (tertiary/aromatic N) is 3. The zero-order chi connectivity index (χ0) is 19.6. The molecule has 0 bridgehead atoms. The minimum absolute atomic E-state index is 0.0931. The molecule has 146 valence electrons. The van der Waals surface area contributed by atoms with E-state index in [2.05, 4.69) is 0 Å². The molecule has 1 aliphatic heterocycles. The first-order valence-electron chi connectivity index (χ1n) is 8.83. The molecule has 3 rings (SSSR count). The molecule has 2 aromatic rings. The fraction of sp³-hybridized carbons (Fsp3) is 0.444. The van der Waals surface area contributed by atoms with Gasteiger partial charge in [-0.2, -0.15) is 0 Å². The molecule has 0 aliphatic carbocycles. The molecule has 0 amide bonds. The molecular formula is C18H22Cl2N4O3. The number of hydrogen-bond acceptors (Lipinski definition) is 5. The average Bonchev–Trinajstić information content (AvgIpc) is 2.66. The molecule has 1 fully saturated rings. The van der Waals surface area contributed by atoms with E-state index < -0.39 is 11.2 Å². The number of halogens is 2. The van der Waals surface area contributed by atoms with Crippen LogP contribution in [0.4, 0.5) is 11.5 Å². The minimum Gasteiger partial charge on any atom is -0.383 e. The molecule has 1 aromatic carbocycles. The monoisotopic (exact) mass is 412 g/mol. The maximum atomic E-state index is 13.2. The molecule has 1 saturated heterocycles. The third-order valence-electron chi connectivity index (χ3n) is 4.54. The van der Waals surface area contributed by atoms with Crippen molar-refractivity contribution in [3.05, 3.63) is 54.6 Å². The highest BCUT2D eigenvalue weighted by Gasteiger charge is 2.23. The molecule has 9 heteroatoms. The highest BCUT2D eigenvalue weighted by molar-refractivity contribution is 6.42. The Balaban J connectivity index is 2.13. The third-order valence-corrected chi connectivity index (χ3v) is 5.28. The molecule has 7 nitrogen and oxygen atoms in total. The number of morpholine rings is 1. The van der Waals surface area contributed by atoms with Crippen LogP contribution in [-0.2, 0) is 17.8 Å². The highest BCUT2D eigenvalue weighted by atomic mass is 35.5. The second-order valence-electron chi connectivity index (χ2n) is 6.41. The third kappa shape index (κ3) is 4.00. The van der Waals surface area contributed by atoms with E-state index in [1.165, 1.54) is 9.13 Å². The van der Waals surface area contributed by atoms with Crippen molar-refractivity contribution in [3.63, 3.8) is 0 Å². The van der Waals surface area contributed by atoms with Crippen LogP contribution in [0.5, 0.6) is 0 Å². The SMILES string of the molecule is CCCn1c(N)c(N2CCOCC2)c(=O)n(Cc2ccc(Cl)c(Cl)c2)c1=O. The first kappa shape index (κ1) is 19.8. The summed E-state index contributed by atoms with van der Waals surface area (Å²) < 4.78 is 8.03. The summed E-state index contributed by atoms with van der Waals surface area (Å²) in [4.78, 5) is 28.0. The number of nitrogen functional groups attached to an aromatic ring is 1. The van der Waals surface area contributed by atoms with Gasteiger partial charge in [0, 0.05) is 19.6 Å². The van der Waals surface area contributed by atoms with Gasteiger partial charge in [-0.3, -0.25) is 13.9 Å². The Labute approximate surface area is 166 Å². The van der Waals surface area contributed by atoms with Gasteiger partial charge >= 0.3 is 5.69 Å². The lowest BCUT2D eigenvalue weighted by Gasteiger charge is -2.30. The topological polar surface area (TPSA) is 82.5 Å². The van der Waals surface area contributed by atoms with Crippen LogP contribution in [0, 0.1) is 0 Å². The van der Waals surface area contributed by atoms with Crippen molar-refractivity contribution in [2.24, 2.45) is 0 Å². The molecule has 1 aliphatic rings. The molecule has 1 aromatic heterocycles. The summed E-state index contributed by atoms with van der Waals surface area (Å²) in [5, 5.41) is 0.794. The maximum absolute atomic E-state index is 13.2. The number of aromatic nitrogens is 2.